The van der Waals surface area contributed by atoms with Gasteiger partial charge >= 0.3 is 5.97 Å². The monoisotopic (exact) mass is 533 g/mol. The van der Waals surface area contributed by atoms with Gasteiger partial charge in [-0.05, 0) is 19.3 Å². The standard InChI is InChI=1S/C22H38Cl3NO7/c1-5-8-11-29-17-16(14-31-15(4)27)21(32-13-10-7-3,18(17)30-12-9-6-2)20(28)33-19(26)22(23,24)25/h16-18,20,26,28H,5-14H2,1-4H3. The maximum absolute atomic E-state index is 11.6. The highest BCUT2D eigenvalue weighted by atomic mass is 35.6. The maximum Gasteiger partial charge on any atom is 0.302 e. The lowest BCUT2D eigenvalue weighted by molar-refractivity contribution is -0.366. The summed E-state index contributed by atoms with van der Waals surface area (Å²) < 4.78 is 26.9. The zero-order valence-corrected chi connectivity index (χ0v) is 22.2. The maximum atomic E-state index is 11.6. The highest BCUT2D eigenvalue weighted by Crippen LogP contribution is 2.50. The van der Waals surface area contributed by atoms with Crippen LogP contribution < -0.4 is 0 Å². The van der Waals surface area contributed by atoms with Crippen LogP contribution in [0.5, 0.6) is 0 Å². The molecule has 8 nitrogen and oxygen atoms in total. The van der Waals surface area contributed by atoms with E-state index in [0.717, 1.165) is 32.1 Å². The quantitative estimate of drug-likeness (QED) is 0.0732. The molecule has 0 aliphatic heterocycles. The van der Waals surface area contributed by atoms with E-state index in [4.69, 9.17) is 63.9 Å². The molecule has 1 rings (SSSR count). The molecule has 0 heterocycles. The summed E-state index contributed by atoms with van der Waals surface area (Å²) in [5, 5.41) is 19.1. The Hall–Kier alpha value is -0.350. The molecular formula is C22H38Cl3NO7. The van der Waals surface area contributed by atoms with Gasteiger partial charge in [0, 0.05) is 26.7 Å². The Labute approximate surface area is 212 Å². The third-order valence-corrected chi connectivity index (χ3v) is 6.03. The molecule has 11 heteroatoms. The molecule has 33 heavy (non-hydrogen) atoms. The molecule has 5 unspecified atom stereocenters. The van der Waals surface area contributed by atoms with Crippen LogP contribution in [0.2, 0.25) is 0 Å². The first-order valence-corrected chi connectivity index (χ1v) is 12.7. The molecule has 1 fully saturated rings. The van der Waals surface area contributed by atoms with Crippen LogP contribution in [0.25, 0.3) is 0 Å². The summed E-state index contributed by atoms with van der Waals surface area (Å²) in [7, 11) is 0. The third-order valence-electron chi connectivity index (χ3n) is 5.51. The second kappa shape index (κ2) is 14.9. The van der Waals surface area contributed by atoms with Gasteiger partial charge in [-0.15, -0.1) is 0 Å². The molecule has 194 valence electrons. The zero-order valence-electron chi connectivity index (χ0n) is 19.9. The Morgan fingerprint density at radius 1 is 1.03 bits per heavy atom. The number of unbranched alkanes of at least 4 members (excludes halogenated alkanes) is 3. The van der Waals surface area contributed by atoms with Crippen molar-refractivity contribution in [1.82, 2.24) is 0 Å². The Bertz CT molecular complexity index is 605. The number of halogens is 3. The van der Waals surface area contributed by atoms with Gasteiger partial charge < -0.3 is 28.8 Å². The van der Waals surface area contributed by atoms with E-state index in [1.807, 2.05) is 20.8 Å². The van der Waals surface area contributed by atoms with E-state index in [9.17, 15) is 9.90 Å². The van der Waals surface area contributed by atoms with Crippen LogP contribution >= 0.6 is 34.8 Å². The first-order chi connectivity index (χ1) is 15.6. The Morgan fingerprint density at radius 2 is 1.58 bits per heavy atom. The van der Waals surface area contributed by atoms with Crippen LogP contribution in [0.4, 0.5) is 0 Å². The number of alkyl halides is 3. The number of ether oxygens (including phenoxy) is 5. The van der Waals surface area contributed by atoms with E-state index in [1.165, 1.54) is 6.92 Å². The number of aliphatic hydroxyl groups excluding tert-OH is 1. The highest BCUT2D eigenvalue weighted by Gasteiger charge is 2.70. The molecule has 0 spiro atoms. The summed E-state index contributed by atoms with van der Waals surface area (Å²) in [4.78, 5) is 11.6. The molecule has 1 aliphatic carbocycles. The van der Waals surface area contributed by atoms with Crippen molar-refractivity contribution in [1.29, 1.82) is 5.41 Å². The lowest BCUT2D eigenvalue weighted by Gasteiger charge is -2.59. The van der Waals surface area contributed by atoms with E-state index in [0.29, 0.717) is 19.6 Å². The van der Waals surface area contributed by atoms with E-state index >= 15 is 0 Å². The average Bonchev–Trinajstić information content (AvgIpc) is 2.73. The lowest BCUT2D eigenvalue weighted by atomic mass is 9.63. The van der Waals surface area contributed by atoms with Gasteiger partial charge in [-0.2, -0.15) is 0 Å². The summed E-state index contributed by atoms with van der Waals surface area (Å²) >= 11 is 17.3. The number of rotatable bonds is 16. The fourth-order valence-corrected chi connectivity index (χ4v) is 3.78. The molecule has 0 amide bonds. The summed E-state index contributed by atoms with van der Waals surface area (Å²) in [6.45, 7) is 8.45. The largest absolute Gasteiger partial charge is 0.465 e. The van der Waals surface area contributed by atoms with Gasteiger partial charge in [-0.1, -0.05) is 74.8 Å². The normalized spacial score (nSPS) is 25.9. The summed E-state index contributed by atoms with van der Waals surface area (Å²) in [6, 6.07) is 0. The summed E-state index contributed by atoms with van der Waals surface area (Å²) in [5.74, 6) is -1.86. The predicted octanol–water partition coefficient (Wildman–Crippen LogP) is 4.79. The molecule has 0 radical (unpaired) electrons. The van der Waals surface area contributed by atoms with Crippen molar-refractivity contribution in [2.45, 2.75) is 94.1 Å². The van der Waals surface area contributed by atoms with Crippen LogP contribution in [0.15, 0.2) is 0 Å². The number of carbonyl (C=O) groups is 1. The minimum Gasteiger partial charge on any atom is -0.465 e. The van der Waals surface area contributed by atoms with E-state index < -0.39 is 45.7 Å². The van der Waals surface area contributed by atoms with Crippen molar-refractivity contribution < 1.29 is 33.6 Å². The van der Waals surface area contributed by atoms with Crippen molar-refractivity contribution in [2.24, 2.45) is 5.92 Å². The SMILES string of the molecule is CCCCOC1C(COC(C)=O)C(OCCCC)(C(O)OC(=N)C(Cl)(Cl)Cl)C1OCCCC. The molecule has 0 aromatic rings. The highest BCUT2D eigenvalue weighted by molar-refractivity contribution is 6.76. The van der Waals surface area contributed by atoms with E-state index in [-0.39, 0.29) is 13.2 Å². The molecule has 0 saturated heterocycles. The van der Waals surface area contributed by atoms with Gasteiger partial charge in [-0.3, -0.25) is 10.2 Å². The molecular weight excluding hydrogens is 497 g/mol. The molecule has 1 saturated carbocycles. The first-order valence-electron chi connectivity index (χ1n) is 11.6. The topological polar surface area (TPSA) is 107 Å². The van der Waals surface area contributed by atoms with Crippen molar-refractivity contribution in [2.75, 3.05) is 26.4 Å². The van der Waals surface area contributed by atoms with Gasteiger partial charge in [0.15, 0.2) is 5.60 Å². The molecule has 2 N–H and O–H groups in total. The number of hydrogen-bond acceptors (Lipinski definition) is 8. The minimum absolute atomic E-state index is 0.0899. The Kier molecular flexibility index (Phi) is 13.9. The summed E-state index contributed by atoms with van der Waals surface area (Å²) in [6.07, 6.45) is 2.04. The second-order valence-electron chi connectivity index (χ2n) is 8.10. The van der Waals surface area contributed by atoms with Crippen molar-refractivity contribution in [3.8, 4) is 0 Å². The van der Waals surface area contributed by atoms with Crippen LogP contribution in [0.3, 0.4) is 0 Å². The van der Waals surface area contributed by atoms with Crippen molar-refractivity contribution in [3.05, 3.63) is 0 Å². The summed E-state index contributed by atoms with van der Waals surface area (Å²) in [5.41, 5.74) is -1.49. The second-order valence-corrected chi connectivity index (χ2v) is 10.4. The number of hydrogen-bond donors (Lipinski definition) is 2. The number of carbonyl (C=O) groups excluding carboxylic acids is 1. The van der Waals surface area contributed by atoms with Crippen LogP contribution in [0.1, 0.15) is 66.2 Å². The Balaban J connectivity index is 3.32. The fraction of sp³-hybridized carbons (Fsp3) is 0.909. The van der Waals surface area contributed by atoms with Crippen LogP contribution in [0, 0.1) is 11.3 Å². The molecule has 1 aliphatic rings. The predicted molar refractivity (Wildman–Crippen MR) is 128 cm³/mol. The molecule has 0 aromatic carbocycles. The minimum atomic E-state index is -2.17. The zero-order chi connectivity index (χ0) is 25.1. The molecule has 0 aromatic heterocycles. The van der Waals surface area contributed by atoms with Crippen LogP contribution in [-0.4, -0.2) is 71.3 Å². The lowest BCUT2D eigenvalue weighted by Crippen LogP contribution is -2.78. The number of esters is 1. The van der Waals surface area contributed by atoms with Crippen molar-refractivity contribution >= 4 is 46.7 Å². The number of aliphatic hydroxyl groups is 1. The van der Waals surface area contributed by atoms with Crippen molar-refractivity contribution in [3.63, 3.8) is 0 Å². The molecule has 5 atom stereocenters. The number of nitrogens with one attached hydrogen (secondary N) is 1. The van der Waals surface area contributed by atoms with E-state index in [1.54, 1.807) is 0 Å². The third kappa shape index (κ3) is 8.67. The Morgan fingerprint density at radius 3 is 2.09 bits per heavy atom. The first kappa shape index (κ1) is 30.7. The van der Waals surface area contributed by atoms with Gasteiger partial charge in [-0.25, -0.2) is 0 Å². The van der Waals surface area contributed by atoms with Gasteiger partial charge in [0.25, 0.3) is 3.79 Å². The van der Waals surface area contributed by atoms with Gasteiger partial charge in [0.05, 0.1) is 18.6 Å². The van der Waals surface area contributed by atoms with Gasteiger partial charge in [0.2, 0.25) is 12.2 Å². The van der Waals surface area contributed by atoms with E-state index in [2.05, 4.69) is 0 Å². The fourth-order valence-electron chi connectivity index (χ4n) is 3.64. The molecule has 0 bridgehead atoms. The average molecular weight is 535 g/mol. The van der Waals surface area contributed by atoms with Gasteiger partial charge in [0.1, 0.15) is 6.10 Å². The van der Waals surface area contributed by atoms with Crippen LogP contribution in [-0.2, 0) is 28.5 Å². The smallest absolute Gasteiger partial charge is 0.302 e.